The maximum atomic E-state index is 13.5. The molecule has 1 atom stereocenters. The molecule has 0 aromatic heterocycles. The minimum Gasteiger partial charge on any atom is -0.351 e. The summed E-state index contributed by atoms with van der Waals surface area (Å²) < 4.78 is 0.893. The molecule has 0 spiro atoms. The molecule has 1 saturated carbocycles. The number of carbonyl (C=O) groups excluding carboxylic acids is 2. The maximum absolute atomic E-state index is 13.5. The normalized spacial score (nSPS) is 14.4. The van der Waals surface area contributed by atoms with Crippen molar-refractivity contribution in [2.45, 2.75) is 56.8 Å². The number of aliphatic carboxylic acids is 1. The van der Waals surface area contributed by atoms with Crippen molar-refractivity contribution in [2.75, 3.05) is 11.9 Å². The lowest BCUT2D eigenvalue weighted by Gasteiger charge is -2.23. The number of anilines is 1. The van der Waals surface area contributed by atoms with E-state index in [4.69, 9.17) is 9.90 Å². The van der Waals surface area contributed by atoms with E-state index in [1.54, 1.807) is 12.1 Å². The summed E-state index contributed by atoms with van der Waals surface area (Å²) in [5.41, 5.74) is 4.44. The molecule has 1 fully saturated rings. The molecule has 198 valence electrons. The van der Waals surface area contributed by atoms with Crippen molar-refractivity contribution in [3.05, 3.63) is 99.5 Å². The summed E-state index contributed by atoms with van der Waals surface area (Å²) in [4.78, 5) is 34.7. The van der Waals surface area contributed by atoms with Gasteiger partial charge in [0.15, 0.2) is 0 Å². The van der Waals surface area contributed by atoms with Crippen LogP contribution in [0.2, 0.25) is 0 Å². The SMILES string of the molecule is O=C(NCCC(O)=[OH+])c1ccc(CC(C(=O)Nc2cccc(Br)c2)c2ccc(C3CCCCC3)cc2)cc1. The Morgan fingerprint density at radius 2 is 1.68 bits per heavy atom. The minimum atomic E-state index is -0.709. The first-order valence-electron chi connectivity index (χ1n) is 13.2. The van der Waals surface area contributed by atoms with Gasteiger partial charge in [-0.1, -0.05) is 77.7 Å². The van der Waals surface area contributed by atoms with Crippen LogP contribution < -0.4 is 10.6 Å². The van der Waals surface area contributed by atoms with Crippen LogP contribution in [0.1, 0.15) is 77.4 Å². The van der Waals surface area contributed by atoms with Crippen molar-refractivity contribution in [1.82, 2.24) is 5.32 Å². The quantitative estimate of drug-likeness (QED) is 0.235. The maximum Gasteiger partial charge on any atom is 0.482 e. The number of nitrogens with one attached hydrogen (secondary N) is 2. The van der Waals surface area contributed by atoms with E-state index in [0.717, 1.165) is 21.3 Å². The number of carboxylic acids is 1. The molecule has 38 heavy (non-hydrogen) atoms. The molecule has 1 aliphatic rings. The van der Waals surface area contributed by atoms with E-state index in [2.05, 4.69) is 50.8 Å². The van der Waals surface area contributed by atoms with Gasteiger partial charge in [0.05, 0.1) is 5.92 Å². The second-order valence-electron chi connectivity index (χ2n) is 9.88. The van der Waals surface area contributed by atoms with Crippen molar-refractivity contribution < 1.29 is 19.5 Å². The zero-order chi connectivity index (χ0) is 26.9. The molecule has 1 aliphatic carbocycles. The third-order valence-electron chi connectivity index (χ3n) is 7.11. The van der Waals surface area contributed by atoms with Crippen LogP contribution in [0.25, 0.3) is 0 Å². The molecule has 6 nitrogen and oxygen atoms in total. The summed E-state index contributed by atoms with van der Waals surface area (Å²) in [6, 6.07) is 23.3. The number of hydrogen-bond donors (Lipinski definition) is 3. The van der Waals surface area contributed by atoms with E-state index in [-0.39, 0.29) is 24.8 Å². The lowest BCUT2D eigenvalue weighted by Crippen LogP contribution is -2.26. The molecule has 0 radical (unpaired) electrons. The minimum absolute atomic E-state index is 0.0157. The highest BCUT2D eigenvalue weighted by molar-refractivity contribution is 9.10. The Morgan fingerprint density at radius 3 is 2.34 bits per heavy atom. The fourth-order valence-corrected chi connectivity index (χ4v) is 5.41. The highest BCUT2D eigenvalue weighted by Gasteiger charge is 2.23. The van der Waals surface area contributed by atoms with Crippen LogP contribution in [0, 0.1) is 0 Å². The number of aliphatic hydroxyl groups excluding tert-OH is 1. The molecule has 0 saturated heterocycles. The van der Waals surface area contributed by atoms with Crippen molar-refractivity contribution in [3.8, 4) is 0 Å². The van der Waals surface area contributed by atoms with Crippen molar-refractivity contribution >= 4 is 39.4 Å². The standard InChI is InChI=1S/C31H33BrN2O4/c32-26-7-4-8-27(20-26)34-31(38)28(24-15-13-23(14-16-24)22-5-2-1-3-6-22)19-21-9-11-25(12-10-21)30(37)33-18-17-29(35)36/h4,7-16,20,22,28H,1-3,5-6,17-19H2,(H,33,37)(H,34,38)(H,35,36)/p+1. The van der Waals surface area contributed by atoms with Crippen molar-refractivity contribution in [2.24, 2.45) is 0 Å². The number of carbonyl (C=O) groups is 2. The van der Waals surface area contributed by atoms with Gasteiger partial charge in [0.2, 0.25) is 5.91 Å². The lowest BCUT2D eigenvalue weighted by molar-refractivity contribution is -0.117. The van der Waals surface area contributed by atoms with Crippen molar-refractivity contribution in [3.63, 3.8) is 0 Å². The van der Waals surface area contributed by atoms with Gasteiger partial charge in [-0.05, 0) is 72.2 Å². The van der Waals surface area contributed by atoms with Crippen LogP contribution >= 0.6 is 15.9 Å². The smallest absolute Gasteiger partial charge is 0.351 e. The van der Waals surface area contributed by atoms with Gasteiger partial charge in [-0.15, -0.1) is 0 Å². The number of benzene rings is 3. The molecule has 0 aliphatic heterocycles. The molecule has 0 heterocycles. The number of rotatable bonds is 10. The average Bonchev–Trinajstić information content (AvgIpc) is 2.92. The van der Waals surface area contributed by atoms with Crippen LogP contribution in [0.3, 0.4) is 0 Å². The molecule has 0 bridgehead atoms. The van der Waals surface area contributed by atoms with E-state index < -0.39 is 11.9 Å². The van der Waals surface area contributed by atoms with Crippen LogP contribution in [0.5, 0.6) is 0 Å². The van der Waals surface area contributed by atoms with E-state index in [0.29, 0.717) is 17.9 Å². The first-order chi connectivity index (χ1) is 18.4. The fourth-order valence-electron chi connectivity index (χ4n) is 5.01. The molecular weight excluding hydrogens is 544 g/mol. The topological polar surface area (TPSA) is 99.8 Å². The van der Waals surface area contributed by atoms with E-state index in [1.807, 2.05) is 36.4 Å². The number of halogens is 1. The Bertz CT molecular complexity index is 1250. The summed E-state index contributed by atoms with van der Waals surface area (Å²) in [6.07, 6.45) is 6.80. The molecule has 4 N–H and O–H groups in total. The van der Waals surface area contributed by atoms with Gasteiger partial charge in [0.25, 0.3) is 5.91 Å². The highest BCUT2D eigenvalue weighted by atomic mass is 79.9. The number of carboxylic acid groups (broad SMARTS) is 1. The third-order valence-corrected chi connectivity index (χ3v) is 7.61. The summed E-state index contributed by atoms with van der Waals surface area (Å²) in [7, 11) is 0. The molecule has 1 unspecified atom stereocenters. The predicted octanol–water partition coefficient (Wildman–Crippen LogP) is 6.64. The molecule has 3 aromatic carbocycles. The predicted molar refractivity (Wildman–Crippen MR) is 154 cm³/mol. The van der Waals surface area contributed by atoms with Crippen LogP contribution in [-0.2, 0) is 11.2 Å². The second-order valence-corrected chi connectivity index (χ2v) is 10.8. The Balaban J connectivity index is 1.51. The van der Waals surface area contributed by atoms with Crippen LogP contribution in [-0.4, -0.2) is 34.2 Å². The van der Waals surface area contributed by atoms with Gasteiger partial charge >= 0.3 is 5.97 Å². The van der Waals surface area contributed by atoms with E-state index >= 15 is 0 Å². The largest absolute Gasteiger partial charge is 0.482 e. The first kappa shape index (κ1) is 27.6. The molecule has 4 rings (SSSR count). The fraction of sp³-hybridized carbons (Fsp3) is 0.323. The van der Waals surface area contributed by atoms with E-state index in [1.165, 1.54) is 37.7 Å². The zero-order valence-electron chi connectivity index (χ0n) is 21.3. The summed E-state index contributed by atoms with van der Waals surface area (Å²) in [5, 5.41) is 14.6. The molecule has 2 amide bonds. The van der Waals surface area contributed by atoms with Gasteiger partial charge in [-0.25, -0.2) is 0 Å². The summed E-state index contributed by atoms with van der Waals surface area (Å²) >= 11 is 3.46. The van der Waals surface area contributed by atoms with Gasteiger partial charge < -0.3 is 20.5 Å². The average molecular weight is 579 g/mol. The first-order valence-corrected chi connectivity index (χ1v) is 14.0. The molecule has 7 heteroatoms. The number of hydrogen-bond acceptors (Lipinski definition) is 2. The zero-order valence-corrected chi connectivity index (χ0v) is 22.9. The summed E-state index contributed by atoms with van der Waals surface area (Å²) in [6.45, 7) is 0.137. The van der Waals surface area contributed by atoms with Crippen LogP contribution in [0.15, 0.2) is 77.3 Å². The van der Waals surface area contributed by atoms with Gasteiger partial charge in [-0.3, -0.25) is 9.59 Å². The third kappa shape index (κ3) is 7.78. The Labute approximate surface area is 232 Å². The van der Waals surface area contributed by atoms with Crippen LogP contribution in [0.4, 0.5) is 5.69 Å². The Hall–Kier alpha value is -3.45. The monoisotopic (exact) mass is 577 g/mol. The Morgan fingerprint density at radius 1 is 0.974 bits per heavy atom. The van der Waals surface area contributed by atoms with Gasteiger partial charge in [0, 0.05) is 22.3 Å². The van der Waals surface area contributed by atoms with E-state index in [9.17, 15) is 9.59 Å². The highest BCUT2D eigenvalue weighted by Crippen LogP contribution is 2.34. The lowest BCUT2D eigenvalue weighted by atomic mass is 9.83. The molecular formula is C31H34BrN2O4+. The van der Waals surface area contributed by atoms with Gasteiger partial charge in [-0.2, -0.15) is 0 Å². The van der Waals surface area contributed by atoms with Crippen molar-refractivity contribution in [1.29, 1.82) is 0 Å². The summed E-state index contributed by atoms with van der Waals surface area (Å²) in [5.74, 6) is -0.892. The molecule has 3 aromatic rings. The van der Waals surface area contributed by atoms with Gasteiger partial charge in [0.1, 0.15) is 6.42 Å². The second kappa shape index (κ2) is 13.4. The Kier molecular flexibility index (Phi) is 9.71. The number of amides is 2.